The van der Waals surface area contributed by atoms with Crippen molar-refractivity contribution in [1.29, 1.82) is 0 Å². The lowest BCUT2D eigenvalue weighted by Gasteiger charge is -2.22. The molecule has 0 bridgehead atoms. The van der Waals surface area contributed by atoms with Crippen LogP contribution >= 0.6 is 0 Å². The van der Waals surface area contributed by atoms with Gasteiger partial charge in [-0.05, 0) is 38.5 Å². The van der Waals surface area contributed by atoms with Crippen LogP contribution in [0.15, 0.2) is 0 Å². The molecule has 2 aliphatic carbocycles. The van der Waals surface area contributed by atoms with E-state index in [0.29, 0.717) is 18.5 Å². The maximum atomic E-state index is 12.0. The Labute approximate surface area is 98.6 Å². The molecule has 3 heteroatoms. The molecular formula is C13H24N2O. The molecule has 0 heterocycles. The van der Waals surface area contributed by atoms with Crippen molar-refractivity contribution in [1.82, 2.24) is 10.2 Å². The maximum Gasteiger partial charge on any atom is 0.236 e. The van der Waals surface area contributed by atoms with Gasteiger partial charge in [0.25, 0.3) is 0 Å². The van der Waals surface area contributed by atoms with Gasteiger partial charge < -0.3 is 10.2 Å². The van der Waals surface area contributed by atoms with Crippen molar-refractivity contribution in [2.45, 2.75) is 51.5 Å². The molecule has 0 saturated heterocycles. The van der Waals surface area contributed by atoms with Crippen LogP contribution in [0.25, 0.3) is 0 Å². The van der Waals surface area contributed by atoms with Gasteiger partial charge in [-0.25, -0.2) is 0 Å². The van der Waals surface area contributed by atoms with E-state index in [1.807, 2.05) is 4.90 Å². The zero-order chi connectivity index (χ0) is 11.4. The van der Waals surface area contributed by atoms with Gasteiger partial charge in [-0.15, -0.1) is 0 Å². The quantitative estimate of drug-likeness (QED) is 0.746. The molecule has 0 aliphatic heterocycles. The predicted molar refractivity (Wildman–Crippen MR) is 65.2 cm³/mol. The summed E-state index contributed by atoms with van der Waals surface area (Å²) in [6.07, 6.45) is 7.79. The standard InChI is InChI=1S/C13H24N2O/c1-2-15(10-11-7-8-11)13(16)9-14-12-5-3-4-6-12/h11-12,14H,2-10H2,1H3. The minimum atomic E-state index is 0.293. The Morgan fingerprint density at radius 1 is 1.25 bits per heavy atom. The molecule has 0 spiro atoms. The van der Waals surface area contributed by atoms with Crippen molar-refractivity contribution in [2.75, 3.05) is 19.6 Å². The first-order valence-corrected chi connectivity index (χ1v) is 6.80. The highest BCUT2D eigenvalue weighted by molar-refractivity contribution is 5.78. The fraction of sp³-hybridized carbons (Fsp3) is 0.923. The van der Waals surface area contributed by atoms with Crippen molar-refractivity contribution in [3.8, 4) is 0 Å². The average Bonchev–Trinajstić information content (AvgIpc) is 2.96. The van der Waals surface area contributed by atoms with Gasteiger partial charge in [0.1, 0.15) is 0 Å². The van der Waals surface area contributed by atoms with Crippen LogP contribution in [0.2, 0.25) is 0 Å². The first-order chi connectivity index (χ1) is 7.79. The second kappa shape index (κ2) is 5.67. The maximum absolute atomic E-state index is 12.0. The Bertz CT molecular complexity index is 232. The zero-order valence-corrected chi connectivity index (χ0v) is 10.4. The fourth-order valence-corrected chi connectivity index (χ4v) is 2.49. The number of nitrogens with one attached hydrogen (secondary N) is 1. The molecule has 2 fully saturated rings. The summed E-state index contributed by atoms with van der Waals surface area (Å²) < 4.78 is 0. The molecule has 0 atom stereocenters. The molecule has 1 N–H and O–H groups in total. The molecule has 2 saturated carbocycles. The molecular weight excluding hydrogens is 200 g/mol. The van der Waals surface area contributed by atoms with Gasteiger partial charge in [0, 0.05) is 19.1 Å². The molecule has 0 unspecified atom stereocenters. The molecule has 16 heavy (non-hydrogen) atoms. The normalized spacial score (nSPS) is 21.3. The number of hydrogen-bond donors (Lipinski definition) is 1. The predicted octanol–water partition coefficient (Wildman–Crippen LogP) is 1.78. The van der Waals surface area contributed by atoms with Gasteiger partial charge >= 0.3 is 0 Å². The number of nitrogens with zero attached hydrogens (tertiary/aromatic N) is 1. The van der Waals surface area contributed by atoms with Gasteiger partial charge in [-0.2, -0.15) is 0 Å². The number of rotatable bonds is 6. The second-order valence-electron chi connectivity index (χ2n) is 5.24. The van der Waals surface area contributed by atoms with Gasteiger partial charge in [0.2, 0.25) is 5.91 Å². The summed E-state index contributed by atoms with van der Waals surface area (Å²) in [6.45, 7) is 4.48. The van der Waals surface area contributed by atoms with E-state index in [1.54, 1.807) is 0 Å². The summed E-state index contributed by atoms with van der Waals surface area (Å²) in [7, 11) is 0. The third kappa shape index (κ3) is 3.48. The highest BCUT2D eigenvalue weighted by Crippen LogP contribution is 2.29. The van der Waals surface area contributed by atoms with Crippen LogP contribution in [0.5, 0.6) is 0 Å². The summed E-state index contributed by atoms with van der Waals surface area (Å²) in [5.74, 6) is 1.09. The van der Waals surface area contributed by atoms with E-state index >= 15 is 0 Å². The SMILES string of the molecule is CCN(CC1CC1)C(=O)CNC1CCCC1. The Balaban J connectivity index is 1.67. The zero-order valence-electron chi connectivity index (χ0n) is 10.4. The van der Waals surface area contributed by atoms with Gasteiger partial charge in [0.05, 0.1) is 6.54 Å². The minimum Gasteiger partial charge on any atom is -0.342 e. The average molecular weight is 224 g/mol. The van der Waals surface area contributed by atoms with E-state index in [-0.39, 0.29) is 0 Å². The first-order valence-electron chi connectivity index (χ1n) is 6.80. The molecule has 0 aromatic rings. The van der Waals surface area contributed by atoms with E-state index < -0.39 is 0 Å². The molecule has 3 nitrogen and oxygen atoms in total. The smallest absolute Gasteiger partial charge is 0.236 e. The van der Waals surface area contributed by atoms with Crippen molar-refractivity contribution >= 4 is 5.91 Å². The molecule has 0 aromatic heterocycles. The Morgan fingerprint density at radius 2 is 1.94 bits per heavy atom. The minimum absolute atomic E-state index is 0.293. The van der Waals surface area contributed by atoms with Gasteiger partial charge in [0.15, 0.2) is 0 Å². The van der Waals surface area contributed by atoms with E-state index in [0.717, 1.165) is 19.0 Å². The highest BCUT2D eigenvalue weighted by Gasteiger charge is 2.26. The molecule has 0 radical (unpaired) electrons. The summed E-state index contributed by atoms with van der Waals surface area (Å²) in [5.41, 5.74) is 0. The van der Waals surface area contributed by atoms with E-state index in [4.69, 9.17) is 0 Å². The Hall–Kier alpha value is -0.570. The largest absolute Gasteiger partial charge is 0.342 e. The summed E-state index contributed by atoms with van der Waals surface area (Å²) in [5, 5.41) is 3.40. The number of amides is 1. The lowest BCUT2D eigenvalue weighted by atomic mass is 10.2. The van der Waals surface area contributed by atoms with Crippen LogP contribution in [-0.4, -0.2) is 36.5 Å². The van der Waals surface area contributed by atoms with Crippen molar-refractivity contribution in [2.24, 2.45) is 5.92 Å². The second-order valence-corrected chi connectivity index (χ2v) is 5.24. The van der Waals surface area contributed by atoms with E-state index in [1.165, 1.54) is 38.5 Å². The molecule has 0 aromatic carbocycles. The molecule has 92 valence electrons. The van der Waals surface area contributed by atoms with Gasteiger partial charge in [-0.3, -0.25) is 4.79 Å². The van der Waals surface area contributed by atoms with Crippen LogP contribution in [0.3, 0.4) is 0 Å². The lowest BCUT2D eigenvalue weighted by Crippen LogP contribution is -2.41. The molecule has 1 amide bonds. The molecule has 2 aliphatic rings. The first kappa shape index (κ1) is 11.9. The van der Waals surface area contributed by atoms with Crippen LogP contribution in [0.1, 0.15) is 45.4 Å². The van der Waals surface area contributed by atoms with Crippen LogP contribution < -0.4 is 5.32 Å². The lowest BCUT2D eigenvalue weighted by molar-refractivity contribution is -0.130. The van der Waals surface area contributed by atoms with Gasteiger partial charge in [-0.1, -0.05) is 12.8 Å². The van der Waals surface area contributed by atoms with Crippen molar-refractivity contribution < 1.29 is 4.79 Å². The van der Waals surface area contributed by atoms with Crippen molar-refractivity contribution in [3.05, 3.63) is 0 Å². The number of hydrogen-bond acceptors (Lipinski definition) is 2. The number of carbonyl (C=O) groups excluding carboxylic acids is 1. The Kier molecular flexibility index (Phi) is 4.22. The van der Waals surface area contributed by atoms with Crippen LogP contribution in [-0.2, 0) is 4.79 Å². The molecule has 2 rings (SSSR count). The van der Waals surface area contributed by atoms with Crippen LogP contribution in [0, 0.1) is 5.92 Å². The highest BCUT2D eigenvalue weighted by atomic mass is 16.2. The van der Waals surface area contributed by atoms with Crippen molar-refractivity contribution in [3.63, 3.8) is 0 Å². The fourth-order valence-electron chi connectivity index (χ4n) is 2.49. The summed E-state index contributed by atoms with van der Waals surface area (Å²) >= 11 is 0. The third-order valence-electron chi connectivity index (χ3n) is 3.81. The van der Waals surface area contributed by atoms with Crippen LogP contribution in [0.4, 0.5) is 0 Å². The topological polar surface area (TPSA) is 32.3 Å². The Morgan fingerprint density at radius 3 is 2.50 bits per heavy atom. The number of carbonyl (C=O) groups is 1. The monoisotopic (exact) mass is 224 g/mol. The summed E-state index contributed by atoms with van der Waals surface area (Å²) in [4.78, 5) is 14.0. The van der Waals surface area contributed by atoms with E-state index in [9.17, 15) is 4.79 Å². The van der Waals surface area contributed by atoms with E-state index in [2.05, 4.69) is 12.2 Å². The third-order valence-corrected chi connectivity index (χ3v) is 3.81. The summed E-state index contributed by atoms with van der Waals surface area (Å²) in [6, 6.07) is 0.601. The number of likely N-dealkylation sites (N-methyl/N-ethyl adjacent to an activating group) is 1.